The summed E-state index contributed by atoms with van der Waals surface area (Å²) in [4.78, 5) is 0. The largest absolute Gasteiger partial charge is 0.296 e. The zero-order valence-electron chi connectivity index (χ0n) is 8.86. The second-order valence-corrected chi connectivity index (χ2v) is 4.96. The van der Waals surface area contributed by atoms with E-state index in [1.165, 1.54) is 16.9 Å². The predicted molar refractivity (Wildman–Crippen MR) is 68.6 cm³/mol. The summed E-state index contributed by atoms with van der Waals surface area (Å²) in [5.41, 5.74) is 3.78. The van der Waals surface area contributed by atoms with Gasteiger partial charge >= 0.3 is 0 Å². The molecule has 1 nitrogen and oxygen atoms in total. The van der Waals surface area contributed by atoms with Gasteiger partial charge in [0.15, 0.2) is 3.95 Å². The third-order valence-electron chi connectivity index (χ3n) is 2.48. The molecule has 0 radical (unpaired) electrons. The number of nitrogens with zero attached hydrogens (tertiary/aromatic N) is 1. The predicted octanol–water partition coefficient (Wildman–Crippen LogP) is 4.14. The van der Waals surface area contributed by atoms with Crippen molar-refractivity contribution < 1.29 is 0 Å². The molecule has 1 heterocycles. The molecule has 1 aromatic heterocycles. The monoisotopic (exact) mass is 235 g/mol. The van der Waals surface area contributed by atoms with E-state index in [4.69, 9.17) is 12.2 Å². The minimum Gasteiger partial charge on any atom is -0.296 e. The summed E-state index contributed by atoms with van der Waals surface area (Å²) in [5, 5.41) is 2.11. The summed E-state index contributed by atoms with van der Waals surface area (Å²) in [6.07, 6.45) is 1.03. The van der Waals surface area contributed by atoms with Crippen LogP contribution in [0.4, 0.5) is 0 Å². The van der Waals surface area contributed by atoms with Gasteiger partial charge in [0.25, 0.3) is 0 Å². The van der Waals surface area contributed by atoms with E-state index in [1.54, 1.807) is 11.3 Å². The Kier molecular flexibility index (Phi) is 3.03. The van der Waals surface area contributed by atoms with Crippen LogP contribution in [0, 0.1) is 10.9 Å². The lowest BCUT2D eigenvalue weighted by atomic mass is 10.1. The molecule has 2 rings (SSSR count). The molecule has 1 aromatic carbocycles. The molecule has 0 saturated heterocycles. The average molecular weight is 235 g/mol. The third-order valence-corrected chi connectivity index (χ3v) is 3.79. The Morgan fingerprint density at radius 2 is 2.07 bits per heavy atom. The number of para-hydroxylation sites is 1. The number of benzene rings is 1. The topological polar surface area (TPSA) is 4.93 Å². The van der Waals surface area contributed by atoms with Crippen LogP contribution < -0.4 is 0 Å². The van der Waals surface area contributed by atoms with Crippen molar-refractivity contribution in [3.8, 4) is 5.69 Å². The molecule has 0 N–H and O–H groups in total. The zero-order chi connectivity index (χ0) is 10.8. The van der Waals surface area contributed by atoms with E-state index in [0.29, 0.717) is 0 Å². The Morgan fingerprint density at radius 1 is 1.33 bits per heavy atom. The van der Waals surface area contributed by atoms with Gasteiger partial charge in [-0.2, -0.15) is 0 Å². The fraction of sp³-hybridized carbons (Fsp3) is 0.250. The lowest BCUT2D eigenvalue weighted by Crippen LogP contribution is -2.00. The maximum atomic E-state index is 5.34. The van der Waals surface area contributed by atoms with Crippen molar-refractivity contribution in [1.82, 2.24) is 4.57 Å². The number of hydrogen-bond donors (Lipinski definition) is 0. The lowest BCUT2D eigenvalue weighted by Gasteiger charge is -2.10. The van der Waals surface area contributed by atoms with Crippen molar-refractivity contribution in [1.29, 1.82) is 0 Å². The standard InChI is InChI=1S/C12H13NS2/c1-3-10-6-4-5-7-11(10)13-9(2)8-15-12(13)14/h4-8H,3H2,1-2H3. The fourth-order valence-corrected chi connectivity index (χ4v) is 2.81. The van der Waals surface area contributed by atoms with Crippen LogP contribution >= 0.6 is 23.6 Å². The molecular formula is C12H13NS2. The Morgan fingerprint density at radius 3 is 2.67 bits per heavy atom. The van der Waals surface area contributed by atoms with Crippen molar-refractivity contribution in [2.24, 2.45) is 0 Å². The smallest absolute Gasteiger partial charge is 0.165 e. The lowest BCUT2D eigenvalue weighted by molar-refractivity contribution is 0.968. The van der Waals surface area contributed by atoms with E-state index < -0.39 is 0 Å². The second kappa shape index (κ2) is 4.29. The van der Waals surface area contributed by atoms with Gasteiger partial charge in [-0.1, -0.05) is 25.1 Å². The fourth-order valence-electron chi connectivity index (χ4n) is 1.70. The van der Waals surface area contributed by atoms with E-state index in [9.17, 15) is 0 Å². The van der Waals surface area contributed by atoms with Gasteiger partial charge in [0.1, 0.15) is 0 Å². The Bertz CT molecular complexity index is 522. The molecule has 0 unspecified atom stereocenters. The first-order valence-electron chi connectivity index (χ1n) is 4.99. The van der Waals surface area contributed by atoms with Crippen LogP contribution in [0.3, 0.4) is 0 Å². The Hall–Kier alpha value is -0.930. The van der Waals surface area contributed by atoms with E-state index >= 15 is 0 Å². The number of aryl methyl sites for hydroxylation is 2. The van der Waals surface area contributed by atoms with E-state index in [1.807, 2.05) is 0 Å². The Balaban J connectivity index is 2.69. The van der Waals surface area contributed by atoms with Gasteiger partial charge in [-0.05, 0) is 37.2 Å². The van der Waals surface area contributed by atoms with Crippen LogP contribution in [0.2, 0.25) is 0 Å². The van der Waals surface area contributed by atoms with Crippen molar-refractivity contribution in [3.05, 3.63) is 44.9 Å². The highest BCUT2D eigenvalue weighted by atomic mass is 32.1. The van der Waals surface area contributed by atoms with Crippen LogP contribution in [0.5, 0.6) is 0 Å². The van der Waals surface area contributed by atoms with Gasteiger partial charge < -0.3 is 0 Å². The van der Waals surface area contributed by atoms with E-state index in [2.05, 4.69) is 48.1 Å². The van der Waals surface area contributed by atoms with Gasteiger partial charge in [0.2, 0.25) is 0 Å². The van der Waals surface area contributed by atoms with Crippen LogP contribution in [0.1, 0.15) is 18.2 Å². The molecular weight excluding hydrogens is 222 g/mol. The Labute approximate surface area is 99.0 Å². The quantitative estimate of drug-likeness (QED) is 0.708. The molecule has 0 spiro atoms. The first-order chi connectivity index (χ1) is 7.24. The van der Waals surface area contributed by atoms with Crippen LogP contribution in [-0.4, -0.2) is 4.57 Å². The number of thiazole rings is 1. The molecule has 0 atom stereocenters. The highest BCUT2D eigenvalue weighted by Crippen LogP contribution is 2.21. The summed E-state index contributed by atoms with van der Waals surface area (Å²) in [7, 11) is 0. The van der Waals surface area contributed by atoms with Crippen molar-refractivity contribution in [2.45, 2.75) is 20.3 Å². The molecule has 0 bridgehead atoms. The highest BCUT2D eigenvalue weighted by molar-refractivity contribution is 7.73. The van der Waals surface area contributed by atoms with Crippen LogP contribution in [0.25, 0.3) is 5.69 Å². The van der Waals surface area contributed by atoms with Crippen LogP contribution in [0.15, 0.2) is 29.6 Å². The molecule has 0 saturated carbocycles. The summed E-state index contributed by atoms with van der Waals surface area (Å²) in [5.74, 6) is 0. The van der Waals surface area contributed by atoms with Crippen molar-refractivity contribution >= 4 is 23.6 Å². The SMILES string of the molecule is CCc1ccccc1-n1c(C)csc1=S. The van der Waals surface area contributed by atoms with Gasteiger partial charge in [0, 0.05) is 11.1 Å². The normalized spacial score (nSPS) is 10.5. The molecule has 0 amide bonds. The van der Waals surface area contributed by atoms with Gasteiger partial charge in [-0.15, -0.1) is 11.3 Å². The maximum absolute atomic E-state index is 5.34. The van der Waals surface area contributed by atoms with Crippen LogP contribution in [-0.2, 0) is 6.42 Å². The molecule has 0 aliphatic heterocycles. The molecule has 78 valence electrons. The third kappa shape index (κ3) is 1.90. The summed E-state index contributed by atoms with van der Waals surface area (Å²) in [6.45, 7) is 4.27. The average Bonchev–Trinajstić information content (AvgIpc) is 2.59. The highest BCUT2D eigenvalue weighted by Gasteiger charge is 2.06. The van der Waals surface area contributed by atoms with E-state index in [-0.39, 0.29) is 0 Å². The first-order valence-corrected chi connectivity index (χ1v) is 6.28. The minimum absolute atomic E-state index is 0.924. The molecule has 15 heavy (non-hydrogen) atoms. The second-order valence-electron chi connectivity index (χ2n) is 3.46. The first kappa shape index (κ1) is 10.6. The summed E-state index contributed by atoms with van der Waals surface area (Å²) in [6, 6.07) is 8.43. The number of hydrogen-bond acceptors (Lipinski definition) is 2. The molecule has 3 heteroatoms. The van der Waals surface area contributed by atoms with Gasteiger partial charge in [-0.25, -0.2) is 0 Å². The zero-order valence-corrected chi connectivity index (χ0v) is 10.5. The van der Waals surface area contributed by atoms with E-state index in [0.717, 1.165) is 10.4 Å². The number of rotatable bonds is 2. The van der Waals surface area contributed by atoms with Gasteiger partial charge in [-0.3, -0.25) is 4.57 Å². The minimum atomic E-state index is 0.924. The van der Waals surface area contributed by atoms with Gasteiger partial charge in [0.05, 0.1) is 5.69 Å². The molecule has 0 aliphatic rings. The molecule has 0 fully saturated rings. The number of aromatic nitrogens is 1. The summed E-state index contributed by atoms with van der Waals surface area (Å²) < 4.78 is 3.08. The summed E-state index contributed by atoms with van der Waals surface area (Å²) >= 11 is 6.97. The van der Waals surface area contributed by atoms with Crippen molar-refractivity contribution in [3.63, 3.8) is 0 Å². The molecule has 0 aliphatic carbocycles. The van der Waals surface area contributed by atoms with Crippen molar-refractivity contribution in [2.75, 3.05) is 0 Å². The molecule has 2 aromatic rings. The maximum Gasteiger partial charge on any atom is 0.165 e.